The summed E-state index contributed by atoms with van der Waals surface area (Å²) in [5.41, 5.74) is 5.18. The highest BCUT2D eigenvalue weighted by Crippen LogP contribution is 2.31. The van der Waals surface area contributed by atoms with Gasteiger partial charge >= 0.3 is 5.97 Å². The lowest BCUT2D eigenvalue weighted by Gasteiger charge is -2.11. The molecule has 5 aromatic rings. The molecule has 0 fully saturated rings. The lowest BCUT2D eigenvalue weighted by molar-refractivity contribution is -0.115. The Kier molecular flexibility index (Phi) is 7.38. The van der Waals surface area contributed by atoms with E-state index in [2.05, 4.69) is 10.4 Å². The number of carbonyl (C=O) groups is 2. The van der Waals surface area contributed by atoms with Crippen molar-refractivity contribution >= 4 is 39.0 Å². The summed E-state index contributed by atoms with van der Waals surface area (Å²) in [5.74, 6) is -0.896. The van der Waals surface area contributed by atoms with E-state index in [4.69, 9.17) is 4.74 Å². The fourth-order valence-electron chi connectivity index (χ4n) is 4.33. The number of nitrogens with zero attached hydrogens (tertiary/aromatic N) is 2. The van der Waals surface area contributed by atoms with Crippen LogP contribution in [-0.2, 0) is 16.0 Å². The number of carbonyl (C=O) groups excluding carboxylic acids is 2. The Morgan fingerprint density at radius 2 is 1.67 bits per heavy atom. The van der Waals surface area contributed by atoms with E-state index in [9.17, 15) is 14.4 Å². The van der Waals surface area contributed by atoms with Crippen LogP contribution in [0.4, 0.5) is 5.00 Å². The minimum Gasteiger partial charge on any atom is -0.461 e. The Balaban J connectivity index is 1.48. The minimum atomic E-state index is -0.630. The highest BCUT2D eigenvalue weighted by Gasteiger charge is 2.23. The van der Waals surface area contributed by atoms with Gasteiger partial charge in [-0.3, -0.25) is 9.59 Å². The van der Waals surface area contributed by atoms with Crippen LogP contribution in [0.15, 0.2) is 83.0 Å². The number of nitrogens with one attached hydrogen (secondary N) is 1. The molecular weight excluding hydrogens is 510 g/mol. The zero-order valence-electron chi connectivity index (χ0n) is 21.9. The van der Waals surface area contributed by atoms with Gasteiger partial charge in [0.25, 0.3) is 5.56 Å². The van der Waals surface area contributed by atoms with E-state index in [0.29, 0.717) is 16.1 Å². The summed E-state index contributed by atoms with van der Waals surface area (Å²) < 4.78 is 6.42. The van der Waals surface area contributed by atoms with Crippen molar-refractivity contribution in [3.63, 3.8) is 0 Å². The number of aryl methyl sites for hydroxylation is 2. The highest BCUT2D eigenvalue weighted by atomic mass is 32.1. The van der Waals surface area contributed by atoms with Crippen molar-refractivity contribution < 1.29 is 14.3 Å². The van der Waals surface area contributed by atoms with E-state index in [1.165, 1.54) is 16.0 Å². The number of esters is 1. The van der Waals surface area contributed by atoms with E-state index in [0.717, 1.165) is 27.8 Å². The van der Waals surface area contributed by atoms with Gasteiger partial charge in [-0.05, 0) is 60.7 Å². The van der Waals surface area contributed by atoms with E-state index in [1.807, 2.05) is 80.6 Å². The fraction of sp³-hybridized carbons (Fsp3) is 0.161. The first-order chi connectivity index (χ1) is 18.9. The molecule has 0 aliphatic carbocycles. The number of amides is 1. The molecule has 3 aromatic carbocycles. The van der Waals surface area contributed by atoms with E-state index < -0.39 is 11.5 Å². The number of anilines is 1. The van der Waals surface area contributed by atoms with E-state index >= 15 is 0 Å². The summed E-state index contributed by atoms with van der Waals surface area (Å²) in [7, 11) is 0. The monoisotopic (exact) mass is 537 g/mol. The average molecular weight is 538 g/mol. The van der Waals surface area contributed by atoms with Crippen LogP contribution in [0, 0.1) is 13.8 Å². The predicted octanol–water partition coefficient (Wildman–Crippen LogP) is 6.09. The number of rotatable bonds is 7. The molecule has 0 radical (unpaired) electrons. The number of thiophene rings is 1. The fourth-order valence-corrected chi connectivity index (χ4v) is 5.28. The minimum absolute atomic E-state index is 0.0259. The van der Waals surface area contributed by atoms with Gasteiger partial charge in [-0.15, -0.1) is 11.3 Å². The average Bonchev–Trinajstić information content (AvgIpc) is 3.35. The standard InChI is InChI=1S/C31H27N3O4S/c1-4-38-31(37)28-25-18-39-29(27(25)30(36)34(33-28)24-15-10-19(2)20(3)16-24)32-26(35)17-21-11-13-23(14-12-21)22-8-6-5-7-9-22/h5-16,18H,4,17H2,1-3H3,(H,32,35). The maximum absolute atomic E-state index is 13.7. The van der Waals surface area contributed by atoms with Crippen molar-refractivity contribution in [2.45, 2.75) is 27.2 Å². The van der Waals surface area contributed by atoms with Gasteiger partial charge in [-0.2, -0.15) is 9.78 Å². The molecule has 0 saturated carbocycles. The zero-order chi connectivity index (χ0) is 27.5. The molecule has 5 rings (SSSR count). The third-order valence-corrected chi connectivity index (χ3v) is 7.43. The zero-order valence-corrected chi connectivity index (χ0v) is 22.7. The van der Waals surface area contributed by atoms with Gasteiger partial charge in [0.1, 0.15) is 5.00 Å². The number of aromatic nitrogens is 2. The Hall–Kier alpha value is -4.56. The van der Waals surface area contributed by atoms with Crippen molar-refractivity contribution in [1.82, 2.24) is 9.78 Å². The van der Waals surface area contributed by atoms with E-state index in [1.54, 1.807) is 18.4 Å². The first-order valence-electron chi connectivity index (χ1n) is 12.6. The molecule has 8 heteroatoms. The number of hydrogen-bond acceptors (Lipinski definition) is 6. The van der Waals surface area contributed by atoms with Crippen molar-refractivity contribution in [3.05, 3.63) is 111 Å². The molecule has 0 spiro atoms. The molecule has 7 nitrogen and oxygen atoms in total. The quantitative estimate of drug-likeness (QED) is 0.254. The molecule has 0 saturated heterocycles. The van der Waals surface area contributed by atoms with Gasteiger partial charge in [-0.1, -0.05) is 60.7 Å². The van der Waals surface area contributed by atoms with Gasteiger partial charge in [0.2, 0.25) is 5.91 Å². The van der Waals surface area contributed by atoms with E-state index in [-0.39, 0.29) is 30.0 Å². The molecule has 1 N–H and O–H groups in total. The van der Waals surface area contributed by atoms with Gasteiger partial charge in [0, 0.05) is 10.8 Å². The second-order valence-corrected chi connectivity index (χ2v) is 10.1. The van der Waals surface area contributed by atoms with Crippen LogP contribution in [0.5, 0.6) is 0 Å². The Morgan fingerprint density at radius 3 is 2.36 bits per heavy atom. The topological polar surface area (TPSA) is 90.3 Å². The number of fused-ring (bicyclic) bond motifs is 1. The van der Waals surface area contributed by atoms with Gasteiger partial charge < -0.3 is 10.1 Å². The van der Waals surface area contributed by atoms with Gasteiger partial charge in [0.15, 0.2) is 5.69 Å². The molecule has 0 atom stereocenters. The van der Waals surface area contributed by atoms with Gasteiger partial charge in [-0.25, -0.2) is 4.79 Å². The normalized spacial score (nSPS) is 10.9. The van der Waals surface area contributed by atoms with Crippen LogP contribution in [0.3, 0.4) is 0 Å². The van der Waals surface area contributed by atoms with Crippen LogP contribution in [0.25, 0.3) is 27.6 Å². The van der Waals surface area contributed by atoms with Crippen molar-refractivity contribution in [2.24, 2.45) is 0 Å². The lowest BCUT2D eigenvalue weighted by atomic mass is 10.0. The maximum Gasteiger partial charge on any atom is 0.359 e. The van der Waals surface area contributed by atoms with Crippen molar-refractivity contribution in [3.8, 4) is 16.8 Å². The van der Waals surface area contributed by atoms with Crippen molar-refractivity contribution in [1.29, 1.82) is 0 Å². The summed E-state index contributed by atoms with van der Waals surface area (Å²) in [5, 5.41) is 9.86. The summed E-state index contributed by atoms with van der Waals surface area (Å²) in [4.78, 5) is 39.5. The third kappa shape index (κ3) is 5.37. The first kappa shape index (κ1) is 26.1. The molecule has 0 aliphatic heterocycles. The number of benzene rings is 3. The molecule has 0 unspecified atom stereocenters. The van der Waals surface area contributed by atoms with Crippen molar-refractivity contribution in [2.75, 3.05) is 11.9 Å². The Labute approximate surface area is 229 Å². The number of hydrogen-bond donors (Lipinski definition) is 1. The summed E-state index contributed by atoms with van der Waals surface area (Å²) in [6, 6.07) is 23.3. The lowest BCUT2D eigenvalue weighted by Crippen LogP contribution is -2.26. The predicted molar refractivity (Wildman–Crippen MR) is 155 cm³/mol. The molecule has 2 heterocycles. The number of ether oxygens (including phenoxy) is 1. The van der Waals surface area contributed by atoms with Crippen LogP contribution >= 0.6 is 11.3 Å². The largest absolute Gasteiger partial charge is 0.461 e. The molecule has 1 amide bonds. The first-order valence-corrected chi connectivity index (χ1v) is 13.5. The molecule has 196 valence electrons. The highest BCUT2D eigenvalue weighted by molar-refractivity contribution is 7.16. The summed E-state index contributed by atoms with van der Waals surface area (Å²) >= 11 is 1.18. The van der Waals surface area contributed by atoms with Crippen LogP contribution in [0.1, 0.15) is 34.1 Å². The van der Waals surface area contributed by atoms with Crippen LogP contribution < -0.4 is 10.9 Å². The SMILES string of the molecule is CCOC(=O)c1nn(-c2ccc(C)c(C)c2)c(=O)c2c(NC(=O)Cc3ccc(-c4ccccc4)cc3)scc12. The maximum atomic E-state index is 13.7. The second-order valence-electron chi connectivity index (χ2n) is 9.20. The smallest absolute Gasteiger partial charge is 0.359 e. The third-order valence-electron chi connectivity index (χ3n) is 6.53. The second kappa shape index (κ2) is 11.0. The molecule has 2 aromatic heterocycles. The summed E-state index contributed by atoms with van der Waals surface area (Å²) in [6.07, 6.45) is 0.135. The van der Waals surface area contributed by atoms with Gasteiger partial charge in [0.05, 0.1) is 24.1 Å². The van der Waals surface area contributed by atoms with Crippen LogP contribution in [-0.4, -0.2) is 28.3 Å². The molecule has 0 aliphatic rings. The Morgan fingerprint density at radius 1 is 0.949 bits per heavy atom. The molecular formula is C31H27N3O4S. The summed E-state index contributed by atoms with van der Waals surface area (Å²) in [6.45, 7) is 5.79. The molecule has 0 bridgehead atoms. The van der Waals surface area contributed by atoms with Crippen LogP contribution in [0.2, 0.25) is 0 Å². The molecule has 39 heavy (non-hydrogen) atoms. The Bertz CT molecular complexity index is 1740.